The molecular weight excluding hydrogens is 512 g/mol. The molecule has 3 aliphatic rings. The van der Waals surface area contributed by atoms with Crippen molar-refractivity contribution in [3.8, 4) is 11.1 Å². The van der Waals surface area contributed by atoms with Crippen LogP contribution in [0, 0.1) is 13.8 Å². The fourth-order valence-electron chi connectivity index (χ4n) is 7.24. The summed E-state index contributed by atoms with van der Waals surface area (Å²) in [7, 11) is 0. The zero-order valence-corrected chi connectivity index (χ0v) is 26.5. The van der Waals surface area contributed by atoms with Crippen molar-refractivity contribution in [2.24, 2.45) is 0 Å². The van der Waals surface area contributed by atoms with Gasteiger partial charge in [-0.05, 0) is 0 Å². The van der Waals surface area contributed by atoms with Gasteiger partial charge in [0.1, 0.15) is 0 Å². The molecule has 190 valence electrons. The molecule has 0 unspecified atom stereocenters. The molecule has 0 spiro atoms. The van der Waals surface area contributed by atoms with Crippen molar-refractivity contribution in [3.05, 3.63) is 82.0 Å². The van der Waals surface area contributed by atoms with Crippen LogP contribution in [-0.2, 0) is 32.1 Å². The SMILES string of the molecule is Cc1cc2c(cc1C(C)(C)C)-c1cc(C(C)(C)C)c(C)cc1[CH]2[Zr](=[C]1CCCCCC1)[CH]1C=CC=C1. The van der Waals surface area contributed by atoms with Gasteiger partial charge in [0.2, 0.25) is 0 Å². The van der Waals surface area contributed by atoms with Gasteiger partial charge in [0.05, 0.1) is 0 Å². The molecule has 0 bridgehead atoms. The summed E-state index contributed by atoms with van der Waals surface area (Å²) in [6, 6.07) is 10.5. The summed E-state index contributed by atoms with van der Waals surface area (Å²) in [6.45, 7) is 19.0. The molecule has 3 aliphatic carbocycles. The Balaban J connectivity index is 1.82. The van der Waals surface area contributed by atoms with E-state index in [0.717, 1.165) is 0 Å². The first kappa shape index (κ1) is 26.3. The maximum absolute atomic E-state index is 2.63. The minimum absolute atomic E-state index is 0.156. The molecule has 36 heavy (non-hydrogen) atoms. The standard InChI is InChI=1S/C23H29.C7H12.C5H5.Zr/c1-14-9-16-11-17-10-15(2)21(23(6,7)8)13-19(17)18(16)12-20(14)22(3,4)5;1-2-4-6-7-5-3-1;1-2-4-5-3-1;/h9-13H,1-8H3;1-6H2;1-5H;. The summed E-state index contributed by atoms with van der Waals surface area (Å²) in [5.74, 6) is 0. The second-order valence-electron chi connectivity index (χ2n) is 13.7. The van der Waals surface area contributed by atoms with E-state index in [-0.39, 0.29) is 10.8 Å². The Kier molecular flexibility index (Phi) is 7.13. The Morgan fingerprint density at radius 1 is 0.639 bits per heavy atom. The van der Waals surface area contributed by atoms with Crippen LogP contribution in [0.2, 0.25) is 3.63 Å². The van der Waals surface area contributed by atoms with E-state index in [9.17, 15) is 0 Å². The van der Waals surface area contributed by atoms with Crippen LogP contribution >= 0.6 is 0 Å². The summed E-state index contributed by atoms with van der Waals surface area (Å²) in [5.41, 5.74) is 12.7. The molecule has 0 heterocycles. The molecule has 0 aliphatic heterocycles. The van der Waals surface area contributed by atoms with Crippen LogP contribution in [-0.4, -0.2) is 3.21 Å². The number of fused-ring (bicyclic) bond motifs is 3. The molecule has 1 saturated carbocycles. The molecule has 0 radical (unpaired) electrons. The Morgan fingerprint density at radius 2 is 1.08 bits per heavy atom. The van der Waals surface area contributed by atoms with Crippen molar-refractivity contribution in [1.29, 1.82) is 0 Å². The summed E-state index contributed by atoms with van der Waals surface area (Å²) >= 11 is -2.12. The van der Waals surface area contributed by atoms with E-state index in [2.05, 4.69) is 104 Å². The second-order valence-corrected chi connectivity index (χ2v) is 20.7. The van der Waals surface area contributed by atoms with Crippen molar-refractivity contribution >= 4 is 3.21 Å². The molecule has 5 rings (SSSR count). The number of aryl methyl sites for hydroxylation is 2. The molecule has 0 atom stereocenters. The van der Waals surface area contributed by atoms with E-state index in [1.54, 1.807) is 22.3 Å². The van der Waals surface area contributed by atoms with E-state index >= 15 is 0 Å². The van der Waals surface area contributed by atoms with E-state index in [4.69, 9.17) is 0 Å². The van der Waals surface area contributed by atoms with Crippen molar-refractivity contribution in [1.82, 2.24) is 0 Å². The number of hydrogen-bond donors (Lipinski definition) is 0. The molecule has 2 aromatic rings. The van der Waals surface area contributed by atoms with Crippen LogP contribution in [0.4, 0.5) is 0 Å². The summed E-state index contributed by atoms with van der Waals surface area (Å²) < 4.78 is 3.37. The van der Waals surface area contributed by atoms with Gasteiger partial charge in [0, 0.05) is 0 Å². The Morgan fingerprint density at radius 3 is 1.50 bits per heavy atom. The van der Waals surface area contributed by atoms with Gasteiger partial charge in [-0.1, -0.05) is 0 Å². The number of benzene rings is 2. The minimum atomic E-state index is -2.12. The van der Waals surface area contributed by atoms with E-state index in [1.807, 2.05) is 3.21 Å². The molecule has 2 aromatic carbocycles. The molecular formula is C35H46Zr. The predicted octanol–water partition coefficient (Wildman–Crippen LogP) is 10.0. The van der Waals surface area contributed by atoms with Crippen LogP contribution in [0.5, 0.6) is 0 Å². The van der Waals surface area contributed by atoms with Gasteiger partial charge < -0.3 is 0 Å². The summed E-state index contributed by atoms with van der Waals surface area (Å²) in [5, 5.41) is 0. The normalized spacial score (nSPS) is 18.5. The Labute approximate surface area is 228 Å². The third-order valence-electron chi connectivity index (χ3n) is 8.85. The summed E-state index contributed by atoms with van der Waals surface area (Å²) in [4.78, 5) is 0. The molecule has 0 saturated heterocycles. The zero-order chi connectivity index (χ0) is 25.8. The molecule has 0 N–H and O–H groups in total. The number of allylic oxidation sites excluding steroid dienone is 4. The quantitative estimate of drug-likeness (QED) is 0.322. The van der Waals surface area contributed by atoms with Crippen LogP contribution in [0.1, 0.15) is 117 Å². The molecule has 0 aromatic heterocycles. The fraction of sp³-hybridized carbons (Fsp3) is 0.514. The van der Waals surface area contributed by atoms with Gasteiger partial charge in [-0.2, -0.15) is 0 Å². The van der Waals surface area contributed by atoms with Crippen molar-refractivity contribution in [2.75, 3.05) is 0 Å². The first-order chi connectivity index (χ1) is 17.0. The van der Waals surface area contributed by atoms with E-state index in [0.29, 0.717) is 7.25 Å². The average Bonchev–Trinajstić information content (AvgIpc) is 3.30. The number of hydrogen-bond acceptors (Lipinski definition) is 0. The molecule has 1 heteroatoms. The topological polar surface area (TPSA) is 0 Å². The van der Waals surface area contributed by atoms with Crippen LogP contribution in [0.3, 0.4) is 0 Å². The molecule has 0 amide bonds. The van der Waals surface area contributed by atoms with Crippen molar-refractivity contribution < 1.29 is 21.3 Å². The monoisotopic (exact) mass is 556 g/mol. The van der Waals surface area contributed by atoms with Gasteiger partial charge in [0.15, 0.2) is 0 Å². The van der Waals surface area contributed by atoms with Gasteiger partial charge in [-0.15, -0.1) is 0 Å². The molecule has 0 nitrogen and oxygen atoms in total. The zero-order valence-electron chi connectivity index (χ0n) is 24.0. The molecule has 1 fully saturated rings. The van der Waals surface area contributed by atoms with Crippen LogP contribution in [0.15, 0.2) is 48.6 Å². The van der Waals surface area contributed by atoms with E-state index < -0.39 is 21.3 Å². The van der Waals surface area contributed by atoms with Gasteiger partial charge in [-0.25, -0.2) is 0 Å². The van der Waals surface area contributed by atoms with Crippen LogP contribution in [0.25, 0.3) is 11.1 Å². The van der Waals surface area contributed by atoms with Crippen LogP contribution < -0.4 is 0 Å². The first-order valence-electron chi connectivity index (χ1n) is 14.3. The summed E-state index contributed by atoms with van der Waals surface area (Å²) in [6.07, 6.45) is 18.3. The third-order valence-corrected chi connectivity index (χ3v) is 17.9. The average molecular weight is 558 g/mol. The second kappa shape index (κ2) is 9.76. The first-order valence-corrected chi connectivity index (χ1v) is 18.4. The van der Waals surface area contributed by atoms with Gasteiger partial charge in [0.25, 0.3) is 0 Å². The van der Waals surface area contributed by atoms with Crippen molar-refractivity contribution in [2.45, 2.75) is 112 Å². The maximum atomic E-state index is 2.63. The number of rotatable bonds is 2. The van der Waals surface area contributed by atoms with Gasteiger partial charge in [-0.3, -0.25) is 0 Å². The Hall–Kier alpha value is -1.33. The third kappa shape index (κ3) is 4.80. The van der Waals surface area contributed by atoms with Crippen molar-refractivity contribution in [3.63, 3.8) is 0 Å². The fourth-order valence-corrected chi connectivity index (χ4v) is 17.0. The predicted molar refractivity (Wildman–Crippen MR) is 155 cm³/mol. The Bertz CT molecular complexity index is 1180. The van der Waals surface area contributed by atoms with E-state index in [1.165, 1.54) is 60.8 Å². The van der Waals surface area contributed by atoms with Gasteiger partial charge >= 0.3 is 230 Å².